The van der Waals surface area contributed by atoms with Gasteiger partial charge >= 0.3 is 0 Å². The summed E-state index contributed by atoms with van der Waals surface area (Å²) < 4.78 is 0. The molecule has 0 aliphatic heterocycles. The predicted molar refractivity (Wildman–Crippen MR) is 79.1 cm³/mol. The molecule has 3 nitrogen and oxygen atoms in total. The maximum absolute atomic E-state index is 4.44. The Kier molecular flexibility index (Phi) is 3.53. The zero-order valence-corrected chi connectivity index (χ0v) is 11.6. The summed E-state index contributed by atoms with van der Waals surface area (Å²) in [5.41, 5.74) is 2.33. The van der Waals surface area contributed by atoms with Crippen molar-refractivity contribution in [2.75, 3.05) is 0 Å². The number of fused-ring (bicyclic) bond motifs is 1. The Morgan fingerprint density at radius 3 is 2.89 bits per heavy atom. The van der Waals surface area contributed by atoms with Crippen LogP contribution in [0.4, 0.5) is 0 Å². The quantitative estimate of drug-likeness (QED) is 0.789. The highest BCUT2D eigenvalue weighted by Gasteiger charge is 2.02. The molecule has 3 aromatic rings. The van der Waals surface area contributed by atoms with Crippen LogP contribution in [0.15, 0.2) is 42.0 Å². The lowest BCUT2D eigenvalue weighted by molar-refractivity contribution is 0.683. The van der Waals surface area contributed by atoms with Crippen LogP contribution in [-0.4, -0.2) is 9.97 Å². The second-order valence-electron chi connectivity index (χ2n) is 4.48. The van der Waals surface area contributed by atoms with E-state index in [9.17, 15) is 0 Å². The minimum atomic E-state index is 0.799. The van der Waals surface area contributed by atoms with Gasteiger partial charge in [0.2, 0.25) is 0 Å². The van der Waals surface area contributed by atoms with Crippen molar-refractivity contribution in [1.29, 1.82) is 0 Å². The van der Waals surface area contributed by atoms with E-state index in [2.05, 4.69) is 38.9 Å². The molecule has 0 saturated heterocycles. The van der Waals surface area contributed by atoms with E-state index in [1.807, 2.05) is 25.4 Å². The Hall–Kier alpha value is -1.78. The number of benzene rings is 1. The number of hydrogen-bond donors (Lipinski definition) is 1. The van der Waals surface area contributed by atoms with Gasteiger partial charge in [-0.25, -0.2) is 4.98 Å². The van der Waals surface area contributed by atoms with Crippen LogP contribution in [0.1, 0.15) is 16.3 Å². The van der Waals surface area contributed by atoms with E-state index in [0.29, 0.717) is 0 Å². The third-order valence-corrected chi connectivity index (χ3v) is 3.86. The smallest absolute Gasteiger partial charge is 0.0897 e. The first-order chi connectivity index (χ1) is 9.33. The lowest BCUT2D eigenvalue weighted by atomic mass is 10.1. The van der Waals surface area contributed by atoms with Crippen molar-refractivity contribution in [2.45, 2.75) is 20.0 Å². The van der Waals surface area contributed by atoms with Crippen LogP contribution in [0, 0.1) is 6.92 Å². The summed E-state index contributed by atoms with van der Waals surface area (Å²) in [5.74, 6) is 0. The number of nitrogens with one attached hydrogen (secondary N) is 1. The number of nitrogens with zero attached hydrogens (tertiary/aromatic N) is 2. The number of thiazole rings is 1. The fourth-order valence-electron chi connectivity index (χ4n) is 2.13. The van der Waals surface area contributed by atoms with Crippen LogP contribution in [0.5, 0.6) is 0 Å². The first kappa shape index (κ1) is 12.3. The van der Waals surface area contributed by atoms with E-state index in [1.165, 1.54) is 16.3 Å². The number of pyridine rings is 1. The molecule has 0 spiro atoms. The van der Waals surface area contributed by atoms with Gasteiger partial charge < -0.3 is 5.32 Å². The number of hydrogen-bond acceptors (Lipinski definition) is 4. The van der Waals surface area contributed by atoms with E-state index in [4.69, 9.17) is 0 Å². The second-order valence-corrected chi connectivity index (χ2v) is 5.54. The summed E-state index contributed by atoms with van der Waals surface area (Å²) in [6.07, 6.45) is 3.84. The largest absolute Gasteiger partial charge is 0.307 e. The molecule has 2 aromatic heterocycles. The van der Waals surface area contributed by atoms with Gasteiger partial charge in [0.25, 0.3) is 0 Å². The van der Waals surface area contributed by atoms with E-state index in [-0.39, 0.29) is 0 Å². The summed E-state index contributed by atoms with van der Waals surface area (Å²) in [5, 5.41) is 9.09. The first-order valence-corrected chi connectivity index (χ1v) is 7.14. The summed E-state index contributed by atoms with van der Waals surface area (Å²) in [7, 11) is 0. The Balaban J connectivity index is 1.71. The molecule has 0 fully saturated rings. The van der Waals surface area contributed by atoms with E-state index < -0.39 is 0 Å². The van der Waals surface area contributed by atoms with Crippen molar-refractivity contribution in [3.8, 4) is 0 Å². The topological polar surface area (TPSA) is 37.8 Å². The lowest BCUT2D eigenvalue weighted by Gasteiger charge is -2.06. The third-order valence-electron chi connectivity index (χ3n) is 3.04. The highest BCUT2D eigenvalue weighted by molar-refractivity contribution is 7.09. The van der Waals surface area contributed by atoms with E-state index in [1.54, 1.807) is 11.3 Å². The fraction of sp³-hybridized carbons (Fsp3) is 0.200. The van der Waals surface area contributed by atoms with Crippen molar-refractivity contribution in [3.05, 3.63) is 58.3 Å². The maximum Gasteiger partial charge on any atom is 0.0897 e. The SMILES string of the molecule is Cc1nc(CNCc2cncc3ccccc23)cs1. The molecule has 0 radical (unpaired) electrons. The molecule has 0 unspecified atom stereocenters. The minimum absolute atomic E-state index is 0.799. The Labute approximate surface area is 116 Å². The monoisotopic (exact) mass is 269 g/mol. The highest BCUT2D eigenvalue weighted by atomic mass is 32.1. The highest BCUT2D eigenvalue weighted by Crippen LogP contribution is 2.17. The van der Waals surface area contributed by atoms with Gasteiger partial charge in [0.1, 0.15) is 0 Å². The van der Waals surface area contributed by atoms with Crippen molar-refractivity contribution in [3.63, 3.8) is 0 Å². The van der Waals surface area contributed by atoms with Gasteiger partial charge in [0.05, 0.1) is 10.7 Å². The molecule has 0 atom stereocenters. The molecule has 1 N–H and O–H groups in total. The molecule has 4 heteroatoms. The van der Waals surface area contributed by atoms with Gasteiger partial charge in [-0.1, -0.05) is 24.3 Å². The molecule has 19 heavy (non-hydrogen) atoms. The lowest BCUT2D eigenvalue weighted by Crippen LogP contribution is -2.13. The van der Waals surface area contributed by atoms with Crippen molar-refractivity contribution < 1.29 is 0 Å². The molecule has 0 aliphatic carbocycles. The van der Waals surface area contributed by atoms with Crippen molar-refractivity contribution in [1.82, 2.24) is 15.3 Å². The van der Waals surface area contributed by atoms with Gasteiger partial charge in [-0.3, -0.25) is 4.98 Å². The van der Waals surface area contributed by atoms with Crippen molar-refractivity contribution >= 4 is 22.1 Å². The molecule has 96 valence electrons. The standard InChI is InChI=1S/C15H15N3S/c1-11-18-14(10-19-11)9-17-8-13-7-16-6-12-4-2-3-5-15(12)13/h2-7,10,17H,8-9H2,1H3. The Morgan fingerprint density at radius 1 is 1.16 bits per heavy atom. The first-order valence-electron chi connectivity index (χ1n) is 6.26. The van der Waals surface area contributed by atoms with Gasteiger partial charge in [0, 0.05) is 36.2 Å². The molecule has 3 rings (SSSR count). The van der Waals surface area contributed by atoms with E-state index in [0.717, 1.165) is 23.8 Å². The molecule has 0 bridgehead atoms. The Bertz CT molecular complexity index is 685. The van der Waals surface area contributed by atoms with Crippen LogP contribution in [0.3, 0.4) is 0 Å². The molecule has 0 amide bonds. The van der Waals surface area contributed by atoms with Crippen LogP contribution >= 0.6 is 11.3 Å². The zero-order chi connectivity index (χ0) is 13.1. The van der Waals surface area contributed by atoms with Gasteiger partial charge in [-0.2, -0.15) is 0 Å². The maximum atomic E-state index is 4.44. The molecular weight excluding hydrogens is 254 g/mol. The van der Waals surface area contributed by atoms with Crippen LogP contribution in [-0.2, 0) is 13.1 Å². The van der Waals surface area contributed by atoms with Gasteiger partial charge in [-0.15, -0.1) is 11.3 Å². The average molecular weight is 269 g/mol. The molecule has 1 aromatic carbocycles. The third kappa shape index (κ3) is 2.80. The summed E-state index contributed by atoms with van der Waals surface area (Å²) in [6, 6.07) is 8.34. The van der Waals surface area contributed by atoms with Gasteiger partial charge in [-0.05, 0) is 17.9 Å². The summed E-state index contributed by atoms with van der Waals surface area (Å²) >= 11 is 1.69. The normalized spacial score (nSPS) is 11.0. The molecular formula is C15H15N3S. The minimum Gasteiger partial charge on any atom is -0.307 e. The fourth-order valence-corrected chi connectivity index (χ4v) is 2.75. The number of aryl methyl sites for hydroxylation is 1. The average Bonchev–Trinajstić information content (AvgIpc) is 2.85. The zero-order valence-electron chi connectivity index (χ0n) is 10.8. The van der Waals surface area contributed by atoms with Crippen LogP contribution in [0.2, 0.25) is 0 Å². The van der Waals surface area contributed by atoms with Crippen molar-refractivity contribution in [2.24, 2.45) is 0 Å². The second kappa shape index (κ2) is 5.47. The summed E-state index contributed by atoms with van der Waals surface area (Å²) in [6.45, 7) is 3.64. The molecule has 0 saturated carbocycles. The number of rotatable bonds is 4. The predicted octanol–water partition coefficient (Wildman–Crippen LogP) is 3.29. The number of aromatic nitrogens is 2. The molecule has 0 aliphatic rings. The van der Waals surface area contributed by atoms with Gasteiger partial charge in [0.15, 0.2) is 0 Å². The summed E-state index contributed by atoms with van der Waals surface area (Å²) in [4.78, 5) is 8.73. The van der Waals surface area contributed by atoms with E-state index >= 15 is 0 Å². The Morgan fingerprint density at radius 2 is 2.05 bits per heavy atom. The molecule has 2 heterocycles. The van der Waals surface area contributed by atoms with Crippen LogP contribution in [0.25, 0.3) is 10.8 Å². The van der Waals surface area contributed by atoms with Crippen LogP contribution < -0.4 is 5.32 Å².